The molecule has 6 heteroatoms. The Balaban J connectivity index is 2.47. The van der Waals surface area contributed by atoms with Gasteiger partial charge < -0.3 is 20.1 Å². The molecule has 1 aromatic carbocycles. The topological polar surface area (TPSA) is 64.8 Å². The lowest BCUT2D eigenvalue weighted by Gasteiger charge is -2.17. The predicted octanol–water partition coefficient (Wildman–Crippen LogP) is 1.21. The maximum Gasteiger partial charge on any atom is 0.260 e. The van der Waals surface area contributed by atoms with Crippen LogP contribution in [-0.4, -0.2) is 43.1 Å². The smallest absolute Gasteiger partial charge is 0.260 e. The SMILES string of the molecule is COc1ccccc1OCC(=O)N(C)CCC(N)=S. The Morgan fingerprint density at radius 1 is 1.37 bits per heavy atom. The van der Waals surface area contributed by atoms with Gasteiger partial charge in [0, 0.05) is 20.0 Å². The van der Waals surface area contributed by atoms with E-state index in [9.17, 15) is 4.79 Å². The third kappa shape index (κ3) is 5.13. The Hall–Kier alpha value is -1.82. The van der Waals surface area contributed by atoms with E-state index in [1.807, 2.05) is 12.1 Å². The normalized spacial score (nSPS) is 9.79. The van der Waals surface area contributed by atoms with Gasteiger partial charge in [-0.3, -0.25) is 4.79 Å². The molecule has 0 fully saturated rings. The zero-order valence-electron chi connectivity index (χ0n) is 11.1. The van der Waals surface area contributed by atoms with Gasteiger partial charge in [-0.05, 0) is 12.1 Å². The second-order valence-electron chi connectivity index (χ2n) is 3.97. The largest absolute Gasteiger partial charge is 0.493 e. The van der Waals surface area contributed by atoms with Crippen molar-refractivity contribution in [2.45, 2.75) is 6.42 Å². The summed E-state index contributed by atoms with van der Waals surface area (Å²) in [5, 5.41) is 0. The van der Waals surface area contributed by atoms with E-state index in [1.165, 1.54) is 4.90 Å². The number of para-hydroxylation sites is 2. The van der Waals surface area contributed by atoms with Crippen LogP contribution in [-0.2, 0) is 4.79 Å². The molecule has 0 bridgehead atoms. The molecule has 0 aliphatic rings. The van der Waals surface area contributed by atoms with Crippen molar-refractivity contribution < 1.29 is 14.3 Å². The lowest BCUT2D eigenvalue weighted by Crippen LogP contribution is -2.33. The zero-order chi connectivity index (χ0) is 14.3. The van der Waals surface area contributed by atoms with Crippen LogP contribution in [0, 0.1) is 0 Å². The molecule has 1 amide bonds. The second-order valence-corrected chi connectivity index (χ2v) is 4.50. The van der Waals surface area contributed by atoms with Gasteiger partial charge in [0.15, 0.2) is 18.1 Å². The lowest BCUT2D eigenvalue weighted by molar-refractivity contribution is -0.131. The van der Waals surface area contributed by atoms with Crippen LogP contribution in [0.3, 0.4) is 0 Å². The van der Waals surface area contributed by atoms with Gasteiger partial charge >= 0.3 is 0 Å². The quantitative estimate of drug-likeness (QED) is 0.762. The highest BCUT2D eigenvalue weighted by Gasteiger charge is 2.11. The first-order chi connectivity index (χ1) is 9.04. The summed E-state index contributed by atoms with van der Waals surface area (Å²) in [5.74, 6) is 1.00. The number of methoxy groups -OCH3 is 1. The van der Waals surface area contributed by atoms with E-state index >= 15 is 0 Å². The fourth-order valence-electron chi connectivity index (χ4n) is 1.39. The number of carbonyl (C=O) groups is 1. The number of hydrogen-bond donors (Lipinski definition) is 1. The number of rotatable bonds is 7. The molecule has 104 valence electrons. The van der Waals surface area contributed by atoms with E-state index in [4.69, 9.17) is 27.4 Å². The molecule has 0 heterocycles. The standard InChI is InChI=1S/C13H18N2O3S/c1-15(8-7-12(14)19)13(16)9-18-11-6-4-3-5-10(11)17-2/h3-6H,7-9H2,1-2H3,(H2,14,19). The van der Waals surface area contributed by atoms with Crippen molar-refractivity contribution >= 4 is 23.1 Å². The molecule has 1 aromatic rings. The monoisotopic (exact) mass is 282 g/mol. The van der Waals surface area contributed by atoms with Gasteiger partial charge in [-0.15, -0.1) is 0 Å². The molecule has 0 aliphatic carbocycles. The van der Waals surface area contributed by atoms with Crippen LogP contribution >= 0.6 is 12.2 Å². The number of thiocarbonyl (C=S) groups is 1. The van der Waals surface area contributed by atoms with Crippen LogP contribution in [0.25, 0.3) is 0 Å². The Morgan fingerprint density at radius 3 is 2.58 bits per heavy atom. The molecule has 0 atom stereocenters. The zero-order valence-corrected chi connectivity index (χ0v) is 11.9. The number of amides is 1. The summed E-state index contributed by atoms with van der Waals surface area (Å²) in [6.45, 7) is 0.442. The van der Waals surface area contributed by atoms with E-state index in [0.29, 0.717) is 29.5 Å². The van der Waals surface area contributed by atoms with Gasteiger partial charge in [-0.1, -0.05) is 24.4 Å². The second kappa shape index (κ2) is 7.58. The molecule has 0 saturated carbocycles. The maximum absolute atomic E-state index is 11.8. The number of carbonyl (C=O) groups excluding carboxylic acids is 1. The predicted molar refractivity (Wildman–Crippen MR) is 77.5 cm³/mol. The van der Waals surface area contributed by atoms with Crippen molar-refractivity contribution in [3.63, 3.8) is 0 Å². The van der Waals surface area contributed by atoms with Crippen molar-refractivity contribution in [2.75, 3.05) is 27.3 Å². The summed E-state index contributed by atoms with van der Waals surface area (Å²) < 4.78 is 10.6. The highest BCUT2D eigenvalue weighted by atomic mass is 32.1. The van der Waals surface area contributed by atoms with E-state index in [2.05, 4.69) is 0 Å². The lowest BCUT2D eigenvalue weighted by atomic mass is 10.3. The first-order valence-corrected chi connectivity index (χ1v) is 6.23. The third-order valence-electron chi connectivity index (χ3n) is 2.54. The van der Waals surface area contributed by atoms with E-state index in [1.54, 1.807) is 26.3 Å². The van der Waals surface area contributed by atoms with Crippen LogP contribution < -0.4 is 15.2 Å². The molecular formula is C13H18N2O3S. The molecule has 19 heavy (non-hydrogen) atoms. The van der Waals surface area contributed by atoms with E-state index < -0.39 is 0 Å². The van der Waals surface area contributed by atoms with Crippen LogP contribution in [0.15, 0.2) is 24.3 Å². The fourth-order valence-corrected chi connectivity index (χ4v) is 1.48. The minimum atomic E-state index is -0.137. The molecule has 0 aliphatic heterocycles. The maximum atomic E-state index is 11.8. The van der Waals surface area contributed by atoms with Crippen LogP contribution in [0.2, 0.25) is 0 Å². The summed E-state index contributed by atoms with van der Waals surface area (Å²) in [6, 6.07) is 7.18. The van der Waals surface area contributed by atoms with Gasteiger partial charge in [-0.25, -0.2) is 0 Å². The summed E-state index contributed by atoms with van der Waals surface area (Å²) in [7, 11) is 3.24. The third-order valence-corrected chi connectivity index (χ3v) is 2.74. The highest BCUT2D eigenvalue weighted by molar-refractivity contribution is 7.80. The van der Waals surface area contributed by atoms with E-state index in [0.717, 1.165) is 0 Å². The highest BCUT2D eigenvalue weighted by Crippen LogP contribution is 2.25. The molecule has 1 rings (SSSR count). The number of hydrogen-bond acceptors (Lipinski definition) is 4. The summed E-state index contributed by atoms with van der Waals surface area (Å²) >= 11 is 4.77. The number of nitrogens with two attached hydrogens (primary N) is 1. The van der Waals surface area contributed by atoms with Crippen molar-refractivity contribution in [3.05, 3.63) is 24.3 Å². The summed E-state index contributed by atoms with van der Waals surface area (Å²) in [6.07, 6.45) is 0.506. The number of ether oxygens (including phenoxy) is 2. The van der Waals surface area contributed by atoms with Gasteiger partial charge in [0.25, 0.3) is 5.91 Å². The minimum Gasteiger partial charge on any atom is -0.493 e. The molecule has 5 nitrogen and oxygen atoms in total. The van der Waals surface area contributed by atoms with Gasteiger partial charge in [0.05, 0.1) is 12.1 Å². The van der Waals surface area contributed by atoms with E-state index in [-0.39, 0.29) is 12.5 Å². The molecule has 2 N–H and O–H groups in total. The molecule has 0 saturated heterocycles. The van der Waals surface area contributed by atoms with Crippen LogP contribution in [0.1, 0.15) is 6.42 Å². The number of nitrogens with zero attached hydrogens (tertiary/aromatic N) is 1. The van der Waals surface area contributed by atoms with Crippen molar-refractivity contribution in [1.29, 1.82) is 0 Å². The van der Waals surface area contributed by atoms with Crippen LogP contribution in [0.5, 0.6) is 11.5 Å². The van der Waals surface area contributed by atoms with Crippen LogP contribution in [0.4, 0.5) is 0 Å². The summed E-state index contributed by atoms with van der Waals surface area (Å²) in [5.41, 5.74) is 5.39. The Kier molecular flexibility index (Phi) is 6.08. The van der Waals surface area contributed by atoms with Gasteiger partial charge in [0.1, 0.15) is 0 Å². The average molecular weight is 282 g/mol. The Morgan fingerprint density at radius 2 is 2.00 bits per heavy atom. The Bertz CT molecular complexity index is 451. The first-order valence-electron chi connectivity index (χ1n) is 5.82. The number of likely N-dealkylation sites (N-methyl/N-ethyl adjacent to an activating group) is 1. The molecule has 0 radical (unpaired) electrons. The first kappa shape index (κ1) is 15.2. The summed E-state index contributed by atoms with van der Waals surface area (Å²) in [4.78, 5) is 13.7. The molecule has 0 unspecified atom stereocenters. The van der Waals surface area contributed by atoms with Crippen molar-refractivity contribution in [1.82, 2.24) is 4.90 Å². The fraction of sp³-hybridized carbons (Fsp3) is 0.385. The van der Waals surface area contributed by atoms with Crippen molar-refractivity contribution in [3.8, 4) is 11.5 Å². The molecule has 0 aromatic heterocycles. The van der Waals surface area contributed by atoms with Crippen molar-refractivity contribution in [2.24, 2.45) is 5.73 Å². The Labute approximate surface area is 118 Å². The number of benzene rings is 1. The molecular weight excluding hydrogens is 264 g/mol. The van der Waals surface area contributed by atoms with Gasteiger partial charge in [-0.2, -0.15) is 0 Å². The molecule has 0 spiro atoms. The average Bonchev–Trinajstić information content (AvgIpc) is 2.42. The van der Waals surface area contributed by atoms with Gasteiger partial charge in [0.2, 0.25) is 0 Å². The minimum absolute atomic E-state index is 0.0474.